The maximum Gasteiger partial charge on any atom is 0.0348 e. The largest absolute Gasteiger partial charge is 0.143 e. The summed E-state index contributed by atoms with van der Waals surface area (Å²) in [6, 6.07) is 8.43. The van der Waals surface area contributed by atoms with Gasteiger partial charge in [-0.1, -0.05) is 43.0 Å². The second kappa shape index (κ2) is 3.58. The van der Waals surface area contributed by atoms with Crippen molar-refractivity contribution in [2.24, 2.45) is 0 Å². The Hall–Kier alpha value is -1.34. The monoisotopic (exact) mass is 186 g/mol. The topological polar surface area (TPSA) is 0 Å². The molecule has 1 aromatic carbocycles. The first-order valence-corrected chi connectivity index (χ1v) is 5.05. The Kier molecular flexibility index (Phi) is 2.28. The fourth-order valence-corrected chi connectivity index (χ4v) is 2.23. The quantitative estimate of drug-likeness (QED) is 0.619. The van der Waals surface area contributed by atoms with Crippen LogP contribution in [0.15, 0.2) is 48.4 Å². The molecule has 13 heavy (non-hydrogen) atoms. The summed E-state index contributed by atoms with van der Waals surface area (Å²) in [5, 5.41) is 3.50. The predicted octanol–water partition coefficient (Wildman–Crippen LogP) is 4.10. The van der Waals surface area contributed by atoms with Crippen molar-refractivity contribution in [3.05, 3.63) is 53.9 Å². The van der Waals surface area contributed by atoms with Gasteiger partial charge in [0.15, 0.2) is 0 Å². The molecule has 1 heteroatoms. The third kappa shape index (κ3) is 1.56. The van der Waals surface area contributed by atoms with E-state index in [1.54, 1.807) is 17.4 Å². The summed E-state index contributed by atoms with van der Waals surface area (Å²) in [5.74, 6) is 0. The van der Waals surface area contributed by atoms with E-state index in [1.165, 1.54) is 15.6 Å². The molecule has 64 valence electrons. The van der Waals surface area contributed by atoms with Gasteiger partial charge in [-0.25, -0.2) is 0 Å². The molecule has 0 spiro atoms. The highest BCUT2D eigenvalue weighted by Gasteiger charge is 1.97. The first-order chi connectivity index (χ1) is 6.42. The van der Waals surface area contributed by atoms with E-state index in [-0.39, 0.29) is 0 Å². The van der Waals surface area contributed by atoms with Gasteiger partial charge in [-0.15, -0.1) is 11.3 Å². The van der Waals surface area contributed by atoms with Gasteiger partial charge in [-0.3, -0.25) is 0 Å². The van der Waals surface area contributed by atoms with Crippen LogP contribution in [0.5, 0.6) is 0 Å². The third-order valence-corrected chi connectivity index (χ3v) is 2.90. The van der Waals surface area contributed by atoms with E-state index in [1.807, 2.05) is 6.08 Å². The average molecular weight is 186 g/mol. The van der Waals surface area contributed by atoms with Gasteiger partial charge in [0.2, 0.25) is 0 Å². The van der Waals surface area contributed by atoms with E-state index in [0.29, 0.717) is 0 Å². The number of fused-ring (bicyclic) bond motifs is 1. The van der Waals surface area contributed by atoms with Crippen molar-refractivity contribution in [1.29, 1.82) is 0 Å². The van der Waals surface area contributed by atoms with Crippen LogP contribution in [-0.4, -0.2) is 0 Å². The molecule has 0 fully saturated rings. The van der Waals surface area contributed by atoms with Crippen molar-refractivity contribution in [3.8, 4) is 0 Å². The van der Waals surface area contributed by atoms with Crippen LogP contribution in [0.4, 0.5) is 0 Å². The number of allylic oxidation sites excluding steroid dienone is 2. The summed E-state index contributed by atoms with van der Waals surface area (Å²) in [6.07, 6.45) is 5.85. The molecule has 0 saturated heterocycles. The van der Waals surface area contributed by atoms with Crippen molar-refractivity contribution >= 4 is 27.5 Å². The lowest BCUT2D eigenvalue weighted by atomic mass is 10.2. The summed E-state index contributed by atoms with van der Waals surface area (Å²) >= 11 is 1.78. The molecule has 0 amide bonds. The summed E-state index contributed by atoms with van der Waals surface area (Å²) in [7, 11) is 0. The zero-order valence-corrected chi connectivity index (χ0v) is 8.05. The average Bonchev–Trinajstić information content (AvgIpc) is 2.58. The molecule has 0 aliphatic heterocycles. The van der Waals surface area contributed by atoms with E-state index in [2.05, 4.69) is 42.3 Å². The number of benzene rings is 1. The first kappa shape index (κ1) is 8.27. The van der Waals surface area contributed by atoms with Crippen LogP contribution in [-0.2, 0) is 0 Å². The number of hydrogen-bond acceptors (Lipinski definition) is 1. The number of rotatable bonds is 2. The highest BCUT2D eigenvalue weighted by atomic mass is 32.1. The highest BCUT2D eigenvalue weighted by molar-refractivity contribution is 7.17. The Morgan fingerprint density at radius 3 is 2.92 bits per heavy atom. The Balaban J connectivity index is 2.57. The molecule has 1 aromatic heterocycles. The number of thiophene rings is 1. The molecular weight excluding hydrogens is 176 g/mol. The Morgan fingerprint density at radius 1 is 1.23 bits per heavy atom. The van der Waals surface area contributed by atoms with Crippen LogP contribution in [0.3, 0.4) is 0 Å². The fraction of sp³-hybridized carbons (Fsp3) is 0. The molecule has 1 heterocycles. The molecule has 0 nitrogen and oxygen atoms in total. The molecule has 0 aliphatic rings. The minimum absolute atomic E-state index is 1.28. The van der Waals surface area contributed by atoms with Gasteiger partial charge in [0.1, 0.15) is 0 Å². The molecule has 0 radical (unpaired) electrons. The molecule has 0 N–H and O–H groups in total. The molecule has 0 unspecified atom stereocenters. The highest BCUT2D eigenvalue weighted by Crippen LogP contribution is 2.26. The maximum atomic E-state index is 3.66. The van der Waals surface area contributed by atoms with Crippen LogP contribution in [0, 0.1) is 0 Å². The van der Waals surface area contributed by atoms with Crippen molar-refractivity contribution in [2.75, 3.05) is 0 Å². The second-order valence-electron chi connectivity index (χ2n) is 2.78. The molecule has 0 bridgehead atoms. The van der Waals surface area contributed by atoms with Crippen molar-refractivity contribution in [3.63, 3.8) is 0 Å². The van der Waals surface area contributed by atoms with Gasteiger partial charge in [-0.2, -0.15) is 0 Å². The number of hydrogen-bond donors (Lipinski definition) is 0. The maximum absolute atomic E-state index is 3.66. The lowest BCUT2D eigenvalue weighted by Crippen LogP contribution is -1.65. The lowest BCUT2D eigenvalue weighted by Gasteiger charge is -1.89. The molecule has 2 aromatic rings. The van der Waals surface area contributed by atoms with E-state index in [4.69, 9.17) is 0 Å². The minimum Gasteiger partial charge on any atom is -0.143 e. The van der Waals surface area contributed by atoms with Crippen LogP contribution in [0.25, 0.3) is 16.2 Å². The van der Waals surface area contributed by atoms with Gasteiger partial charge >= 0.3 is 0 Å². The smallest absolute Gasteiger partial charge is 0.0348 e. The zero-order valence-electron chi connectivity index (χ0n) is 7.23. The fourth-order valence-electron chi connectivity index (χ4n) is 1.30. The summed E-state index contributed by atoms with van der Waals surface area (Å²) in [6.45, 7) is 3.66. The van der Waals surface area contributed by atoms with E-state index >= 15 is 0 Å². The summed E-state index contributed by atoms with van der Waals surface area (Å²) in [5.41, 5.74) is 1.28. The molecule has 0 saturated carbocycles. The van der Waals surface area contributed by atoms with Crippen molar-refractivity contribution in [1.82, 2.24) is 0 Å². The minimum atomic E-state index is 1.28. The van der Waals surface area contributed by atoms with E-state index in [0.717, 1.165) is 0 Å². The first-order valence-electron chi connectivity index (χ1n) is 4.17. The van der Waals surface area contributed by atoms with Crippen LogP contribution in [0.2, 0.25) is 0 Å². The predicted molar refractivity (Wildman–Crippen MR) is 61.1 cm³/mol. The second-order valence-corrected chi connectivity index (χ2v) is 3.69. The van der Waals surface area contributed by atoms with E-state index in [9.17, 15) is 0 Å². The SMILES string of the molecule is C=C/C=C\c1csc2ccccc12. The van der Waals surface area contributed by atoms with Crippen LogP contribution >= 0.6 is 11.3 Å². The zero-order chi connectivity index (χ0) is 9.10. The Bertz CT molecular complexity index is 449. The van der Waals surface area contributed by atoms with Crippen molar-refractivity contribution < 1.29 is 0 Å². The van der Waals surface area contributed by atoms with Gasteiger partial charge < -0.3 is 0 Å². The summed E-state index contributed by atoms with van der Waals surface area (Å²) < 4.78 is 1.34. The van der Waals surface area contributed by atoms with Gasteiger partial charge in [0.25, 0.3) is 0 Å². The molecule has 0 atom stereocenters. The van der Waals surface area contributed by atoms with Crippen molar-refractivity contribution in [2.45, 2.75) is 0 Å². The standard InChI is InChI=1S/C12H10S/c1-2-3-6-10-9-13-12-8-5-4-7-11(10)12/h2-9H,1H2/b6-3-. The van der Waals surface area contributed by atoms with E-state index < -0.39 is 0 Å². The molecular formula is C12H10S. The van der Waals surface area contributed by atoms with Crippen LogP contribution in [0.1, 0.15) is 5.56 Å². The molecule has 0 aliphatic carbocycles. The Morgan fingerprint density at radius 2 is 2.08 bits per heavy atom. The normalized spacial score (nSPS) is 11.1. The van der Waals surface area contributed by atoms with Crippen LogP contribution < -0.4 is 0 Å². The van der Waals surface area contributed by atoms with Gasteiger partial charge in [0.05, 0.1) is 0 Å². The third-order valence-electron chi connectivity index (χ3n) is 1.92. The molecule has 2 rings (SSSR count). The summed E-state index contributed by atoms with van der Waals surface area (Å²) in [4.78, 5) is 0. The van der Waals surface area contributed by atoms with Gasteiger partial charge in [-0.05, 0) is 22.4 Å². The van der Waals surface area contributed by atoms with Gasteiger partial charge in [0, 0.05) is 4.70 Å². The lowest BCUT2D eigenvalue weighted by molar-refractivity contribution is 1.83. The Labute approximate surface area is 81.8 Å².